The summed E-state index contributed by atoms with van der Waals surface area (Å²) in [6.07, 6.45) is 2.70. The highest BCUT2D eigenvalue weighted by Crippen LogP contribution is 2.26. The van der Waals surface area contributed by atoms with E-state index in [1.54, 1.807) is 19.3 Å². The van der Waals surface area contributed by atoms with Crippen molar-refractivity contribution in [1.82, 2.24) is 20.1 Å². The van der Waals surface area contributed by atoms with Crippen molar-refractivity contribution in [2.75, 3.05) is 7.05 Å². The third-order valence-corrected chi connectivity index (χ3v) is 3.93. The molecule has 0 saturated heterocycles. The largest absolute Gasteiger partial charge is 0.319 e. The van der Waals surface area contributed by atoms with E-state index >= 15 is 0 Å². The molecule has 1 atom stereocenters. The van der Waals surface area contributed by atoms with Crippen molar-refractivity contribution in [3.8, 4) is 10.6 Å². The molecular formula is C12H16N4OS. The number of pyridine rings is 1. The summed E-state index contributed by atoms with van der Waals surface area (Å²) >= 11 is 1.52. The first-order valence-electron chi connectivity index (χ1n) is 5.83. The second-order valence-electron chi connectivity index (χ2n) is 4.06. The summed E-state index contributed by atoms with van der Waals surface area (Å²) in [5.74, 6) is 0. The van der Waals surface area contributed by atoms with E-state index in [1.807, 2.05) is 13.1 Å². The summed E-state index contributed by atoms with van der Waals surface area (Å²) in [5, 5.41) is 13.3. The number of hydrogen-bond acceptors (Lipinski definition) is 5. The number of nitrogens with one attached hydrogen (secondary N) is 1. The molecule has 0 saturated carbocycles. The molecule has 0 radical (unpaired) electrons. The lowest BCUT2D eigenvalue weighted by atomic mass is 10.2. The topological polar surface area (TPSA) is 59.8 Å². The Bertz CT molecular complexity index is 586. The molecule has 2 heterocycles. The third-order valence-electron chi connectivity index (χ3n) is 2.85. The van der Waals surface area contributed by atoms with Crippen LogP contribution < -0.4 is 10.9 Å². The van der Waals surface area contributed by atoms with Crippen molar-refractivity contribution in [3.63, 3.8) is 0 Å². The van der Waals surface area contributed by atoms with Crippen LogP contribution in [0, 0.1) is 0 Å². The first-order chi connectivity index (χ1) is 8.65. The smallest absolute Gasteiger partial charge is 0.250 e. The molecular weight excluding hydrogens is 248 g/mol. The molecule has 0 aliphatic heterocycles. The maximum atomic E-state index is 11.6. The Labute approximate surface area is 110 Å². The van der Waals surface area contributed by atoms with Gasteiger partial charge >= 0.3 is 0 Å². The summed E-state index contributed by atoms with van der Waals surface area (Å²) < 4.78 is 1.54. The molecule has 0 spiro atoms. The van der Waals surface area contributed by atoms with Gasteiger partial charge in [0.25, 0.3) is 5.56 Å². The van der Waals surface area contributed by atoms with Crippen molar-refractivity contribution in [3.05, 3.63) is 33.7 Å². The first-order valence-corrected chi connectivity index (χ1v) is 6.65. The summed E-state index contributed by atoms with van der Waals surface area (Å²) in [7, 11) is 3.64. The Hall–Kier alpha value is -1.53. The molecule has 0 bridgehead atoms. The Morgan fingerprint density at radius 1 is 1.50 bits per heavy atom. The number of rotatable bonds is 4. The van der Waals surface area contributed by atoms with Crippen LogP contribution in [0.5, 0.6) is 0 Å². The standard InChI is InChI=1S/C12H16N4OS/c1-4-9(13-2)12-15-14-11(18-12)8-5-6-16(3)10(17)7-8/h5-7,9,13H,4H2,1-3H3. The second kappa shape index (κ2) is 5.41. The molecule has 2 aromatic rings. The molecule has 0 aliphatic carbocycles. The van der Waals surface area contributed by atoms with Gasteiger partial charge in [0.2, 0.25) is 0 Å². The third kappa shape index (κ3) is 2.49. The van der Waals surface area contributed by atoms with Crippen molar-refractivity contribution in [2.45, 2.75) is 19.4 Å². The van der Waals surface area contributed by atoms with E-state index in [-0.39, 0.29) is 11.6 Å². The van der Waals surface area contributed by atoms with E-state index in [2.05, 4.69) is 22.4 Å². The molecule has 0 aliphatic rings. The normalized spacial score (nSPS) is 12.6. The fourth-order valence-corrected chi connectivity index (χ4v) is 2.71. The van der Waals surface area contributed by atoms with Gasteiger partial charge in [0.1, 0.15) is 10.0 Å². The number of nitrogens with zero attached hydrogens (tertiary/aromatic N) is 3. The highest BCUT2D eigenvalue weighted by molar-refractivity contribution is 7.14. The zero-order valence-corrected chi connectivity index (χ0v) is 11.5. The van der Waals surface area contributed by atoms with E-state index in [4.69, 9.17) is 0 Å². The molecule has 96 valence electrons. The monoisotopic (exact) mass is 264 g/mol. The number of aromatic nitrogens is 3. The SMILES string of the molecule is CCC(NC)c1nnc(-c2ccn(C)c(=O)c2)s1. The summed E-state index contributed by atoms with van der Waals surface area (Å²) in [6.45, 7) is 2.10. The predicted molar refractivity (Wildman–Crippen MR) is 72.7 cm³/mol. The van der Waals surface area contributed by atoms with Gasteiger partial charge in [0.15, 0.2) is 0 Å². The van der Waals surface area contributed by atoms with E-state index in [0.29, 0.717) is 0 Å². The Kier molecular flexibility index (Phi) is 3.88. The molecule has 2 aromatic heterocycles. The first kappa shape index (κ1) is 12.9. The van der Waals surface area contributed by atoms with E-state index < -0.39 is 0 Å². The molecule has 0 fully saturated rings. The summed E-state index contributed by atoms with van der Waals surface area (Å²) in [4.78, 5) is 11.6. The minimum Gasteiger partial charge on any atom is -0.319 e. The predicted octanol–water partition coefficient (Wildman–Crippen LogP) is 1.57. The quantitative estimate of drug-likeness (QED) is 0.910. The zero-order valence-electron chi connectivity index (χ0n) is 10.7. The Morgan fingerprint density at radius 2 is 2.28 bits per heavy atom. The fourth-order valence-electron chi connectivity index (χ4n) is 1.68. The van der Waals surface area contributed by atoms with Gasteiger partial charge in [-0.25, -0.2) is 0 Å². The lowest BCUT2D eigenvalue weighted by Gasteiger charge is -2.07. The van der Waals surface area contributed by atoms with Crippen LogP contribution in [0.25, 0.3) is 10.6 Å². The zero-order chi connectivity index (χ0) is 13.1. The molecule has 0 amide bonds. The van der Waals surface area contributed by atoms with Gasteiger partial charge in [-0.05, 0) is 19.5 Å². The molecule has 2 rings (SSSR count). The van der Waals surface area contributed by atoms with Crippen LogP contribution in [-0.4, -0.2) is 21.8 Å². The van der Waals surface area contributed by atoms with Gasteiger partial charge in [-0.3, -0.25) is 4.79 Å². The van der Waals surface area contributed by atoms with Crippen molar-refractivity contribution < 1.29 is 0 Å². The average molecular weight is 264 g/mol. The van der Waals surface area contributed by atoms with E-state index in [1.165, 1.54) is 15.9 Å². The Balaban J connectivity index is 2.34. The second-order valence-corrected chi connectivity index (χ2v) is 5.07. The van der Waals surface area contributed by atoms with Gasteiger partial charge in [-0.2, -0.15) is 0 Å². The van der Waals surface area contributed by atoms with Crippen LogP contribution in [0.3, 0.4) is 0 Å². The summed E-state index contributed by atoms with van der Waals surface area (Å²) in [6, 6.07) is 3.69. The fraction of sp³-hybridized carbons (Fsp3) is 0.417. The van der Waals surface area contributed by atoms with Crippen LogP contribution in [0.4, 0.5) is 0 Å². The maximum Gasteiger partial charge on any atom is 0.250 e. The van der Waals surface area contributed by atoms with Crippen LogP contribution in [0.2, 0.25) is 0 Å². The minimum atomic E-state index is -0.0371. The van der Waals surface area contributed by atoms with Crippen LogP contribution in [0.15, 0.2) is 23.1 Å². The van der Waals surface area contributed by atoms with Gasteiger partial charge in [0.05, 0.1) is 6.04 Å². The molecule has 6 heteroatoms. The van der Waals surface area contributed by atoms with Gasteiger partial charge in [-0.15, -0.1) is 10.2 Å². The number of aryl methyl sites for hydroxylation is 1. The lowest BCUT2D eigenvalue weighted by molar-refractivity contribution is 0.568. The van der Waals surface area contributed by atoms with Crippen LogP contribution in [-0.2, 0) is 7.05 Å². The van der Waals surface area contributed by atoms with Gasteiger partial charge in [0, 0.05) is 24.9 Å². The molecule has 1 unspecified atom stereocenters. The molecule has 5 nitrogen and oxygen atoms in total. The van der Waals surface area contributed by atoms with Crippen LogP contribution >= 0.6 is 11.3 Å². The van der Waals surface area contributed by atoms with Crippen LogP contribution in [0.1, 0.15) is 24.4 Å². The van der Waals surface area contributed by atoms with Gasteiger partial charge in [-0.1, -0.05) is 18.3 Å². The number of hydrogen-bond donors (Lipinski definition) is 1. The molecule has 1 N–H and O–H groups in total. The highest BCUT2D eigenvalue weighted by Gasteiger charge is 2.14. The molecule has 0 aromatic carbocycles. The van der Waals surface area contributed by atoms with Crippen molar-refractivity contribution >= 4 is 11.3 Å². The minimum absolute atomic E-state index is 0.0371. The maximum absolute atomic E-state index is 11.6. The molecule has 18 heavy (non-hydrogen) atoms. The van der Waals surface area contributed by atoms with Crippen molar-refractivity contribution in [2.24, 2.45) is 7.05 Å². The van der Waals surface area contributed by atoms with E-state index in [9.17, 15) is 4.79 Å². The van der Waals surface area contributed by atoms with Crippen molar-refractivity contribution in [1.29, 1.82) is 0 Å². The van der Waals surface area contributed by atoms with E-state index in [0.717, 1.165) is 22.0 Å². The highest BCUT2D eigenvalue weighted by atomic mass is 32.1. The summed E-state index contributed by atoms with van der Waals surface area (Å²) in [5.41, 5.74) is 0.790. The average Bonchev–Trinajstić information content (AvgIpc) is 2.84. The van der Waals surface area contributed by atoms with Gasteiger partial charge < -0.3 is 9.88 Å². The lowest BCUT2D eigenvalue weighted by Crippen LogP contribution is -2.14. The Morgan fingerprint density at radius 3 is 2.89 bits per heavy atom.